The van der Waals surface area contributed by atoms with Crippen molar-refractivity contribution in [1.29, 1.82) is 0 Å². The van der Waals surface area contributed by atoms with Crippen LogP contribution in [0.1, 0.15) is 38.4 Å². The molecule has 7 heteroatoms. The Morgan fingerprint density at radius 1 is 1.35 bits per heavy atom. The Bertz CT molecular complexity index is 456. The Hall–Kier alpha value is -1.92. The molecule has 0 atom stereocenters. The van der Waals surface area contributed by atoms with E-state index in [0.29, 0.717) is 30.6 Å². The molecule has 1 rings (SSSR count). The third-order valence-corrected chi connectivity index (χ3v) is 2.66. The first kappa shape index (κ1) is 16.1. The second-order valence-corrected chi connectivity index (χ2v) is 5.11. The van der Waals surface area contributed by atoms with E-state index in [4.69, 9.17) is 9.63 Å². The molecule has 1 heterocycles. The zero-order valence-electron chi connectivity index (χ0n) is 12.1. The van der Waals surface area contributed by atoms with Crippen molar-refractivity contribution in [2.45, 2.75) is 40.0 Å². The van der Waals surface area contributed by atoms with Crippen LogP contribution in [-0.4, -0.2) is 45.1 Å². The lowest BCUT2D eigenvalue weighted by Crippen LogP contribution is -2.36. The Morgan fingerprint density at radius 3 is 2.55 bits per heavy atom. The molecule has 0 bridgehead atoms. The van der Waals surface area contributed by atoms with E-state index >= 15 is 0 Å². The zero-order chi connectivity index (χ0) is 15.1. The SMILES string of the molecule is Cc1noc(CCC(=O)N(CCC(=O)O)CC(C)C)n1. The molecule has 1 N–H and O–H groups in total. The number of nitrogens with zero attached hydrogens (tertiary/aromatic N) is 3. The minimum absolute atomic E-state index is 0.0435. The molecule has 112 valence electrons. The van der Waals surface area contributed by atoms with Crippen molar-refractivity contribution in [1.82, 2.24) is 15.0 Å². The third kappa shape index (κ3) is 5.81. The molecule has 0 saturated carbocycles. The van der Waals surface area contributed by atoms with E-state index in [1.165, 1.54) is 0 Å². The topological polar surface area (TPSA) is 96.5 Å². The van der Waals surface area contributed by atoms with Gasteiger partial charge in [-0.05, 0) is 12.8 Å². The predicted octanol–water partition coefficient (Wildman–Crippen LogP) is 1.27. The van der Waals surface area contributed by atoms with Gasteiger partial charge < -0.3 is 14.5 Å². The summed E-state index contributed by atoms with van der Waals surface area (Å²) in [5, 5.41) is 12.4. The lowest BCUT2D eigenvalue weighted by molar-refractivity contribution is -0.138. The van der Waals surface area contributed by atoms with Gasteiger partial charge in [0.25, 0.3) is 0 Å². The van der Waals surface area contributed by atoms with Crippen molar-refractivity contribution in [3.8, 4) is 0 Å². The van der Waals surface area contributed by atoms with E-state index in [2.05, 4.69) is 10.1 Å². The predicted molar refractivity (Wildman–Crippen MR) is 71.0 cm³/mol. The highest BCUT2D eigenvalue weighted by Crippen LogP contribution is 2.06. The largest absolute Gasteiger partial charge is 0.481 e. The smallest absolute Gasteiger partial charge is 0.305 e. The van der Waals surface area contributed by atoms with Gasteiger partial charge in [-0.25, -0.2) is 0 Å². The van der Waals surface area contributed by atoms with Crippen molar-refractivity contribution in [3.05, 3.63) is 11.7 Å². The van der Waals surface area contributed by atoms with E-state index in [-0.39, 0.29) is 25.3 Å². The van der Waals surface area contributed by atoms with Gasteiger partial charge in [0.15, 0.2) is 5.82 Å². The highest BCUT2D eigenvalue weighted by Gasteiger charge is 2.17. The molecule has 0 spiro atoms. The van der Waals surface area contributed by atoms with Crippen molar-refractivity contribution in [2.75, 3.05) is 13.1 Å². The number of carboxylic acids is 1. The number of aromatic nitrogens is 2. The summed E-state index contributed by atoms with van der Waals surface area (Å²) < 4.78 is 4.95. The van der Waals surface area contributed by atoms with Crippen molar-refractivity contribution < 1.29 is 19.2 Å². The van der Waals surface area contributed by atoms with Crippen LogP contribution in [0.2, 0.25) is 0 Å². The number of carboxylic acid groups (broad SMARTS) is 1. The van der Waals surface area contributed by atoms with Gasteiger partial charge in [0.05, 0.1) is 6.42 Å². The first-order valence-corrected chi connectivity index (χ1v) is 6.67. The number of amides is 1. The summed E-state index contributed by atoms with van der Waals surface area (Å²) >= 11 is 0. The van der Waals surface area contributed by atoms with Crippen LogP contribution in [0.3, 0.4) is 0 Å². The van der Waals surface area contributed by atoms with Gasteiger partial charge in [0, 0.05) is 25.9 Å². The molecule has 0 fully saturated rings. The highest BCUT2D eigenvalue weighted by molar-refractivity contribution is 5.77. The molecule has 0 radical (unpaired) electrons. The summed E-state index contributed by atoms with van der Waals surface area (Å²) in [5.74, 6) is 0.268. The molecule has 0 aliphatic rings. The standard InChI is InChI=1S/C13H21N3O4/c1-9(2)8-16(7-6-13(18)19)12(17)5-4-11-14-10(3)15-20-11/h9H,4-8H2,1-3H3,(H,18,19). The van der Waals surface area contributed by atoms with E-state index in [9.17, 15) is 9.59 Å². The molecule has 0 aliphatic carbocycles. The fourth-order valence-electron chi connectivity index (χ4n) is 1.80. The minimum Gasteiger partial charge on any atom is -0.481 e. The average molecular weight is 283 g/mol. The molecule has 1 aromatic rings. The average Bonchev–Trinajstić information content (AvgIpc) is 2.76. The van der Waals surface area contributed by atoms with E-state index in [1.54, 1.807) is 11.8 Å². The molecule has 1 aromatic heterocycles. The molecular formula is C13H21N3O4. The Morgan fingerprint density at radius 2 is 2.05 bits per heavy atom. The van der Waals surface area contributed by atoms with Gasteiger partial charge in [-0.1, -0.05) is 19.0 Å². The van der Waals surface area contributed by atoms with Crippen LogP contribution in [0, 0.1) is 12.8 Å². The van der Waals surface area contributed by atoms with Gasteiger partial charge in [-0.15, -0.1) is 0 Å². The van der Waals surface area contributed by atoms with Gasteiger partial charge in [-0.3, -0.25) is 9.59 Å². The minimum atomic E-state index is -0.904. The summed E-state index contributed by atoms with van der Waals surface area (Å²) in [5.41, 5.74) is 0. The number of aryl methyl sites for hydroxylation is 2. The number of rotatable bonds is 8. The molecular weight excluding hydrogens is 262 g/mol. The van der Waals surface area contributed by atoms with Gasteiger partial charge in [0.2, 0.25) is 11.8 Å². The molecule has 0 aromatic carbocycles. The monoisotopic (exact) mass is 283 g/mol. The first-order valence-electron chi connectivity index (χ1n) is 6.67. The number of hydrogen-bond donors (Lipinski definition) is 1. The number of carbonyl (C=O) groups excluding carboxylic acids is 1. The van der Waals surface area contributed by atoms with Crippen LogP contribution in [0.4, 0.5) is 0 Å². The fraction of sp³-hybridized carbons (Fsp3) is 0.692. The normalized spacial score (nSPS) is 10.8. The summed E-state index contributed by atoms with van der Waals surface area (Å²) in [7, 11) is 0. The lowest BCUT2D eigenvalue weighted by atomic mass is 10.1. The molecule has 1 amide bonds. The maximum absolute atomic E-state index is 12.1. The van der Waals surface area contributed by atoms with Crippen LogP contribution in [0.15, 0.2) is 4.52 Å². The fourth-order valence-corrected chi connectivity index (χ4v) is 1.80. The number of hydrogen-bond acceptors (Lipinski definition) is 5. The van der Waals surface area contributed by atoms with Gasteiger partial charge in [-0.2, -0.15) is 4.98 Å². The number of carbonyl (C=O) groups is 2. The van der Waals surface area contributed by atoms with Crippen molar-refractivity contribution in [2.24, 2.45) is 5.92 Å². The van der Waals surface area contributed by atoms with Crippen LogP contribution in [0.5, 0.6) is 0 Å². The Balaban J connectivity index is 2.50. The summed E-state index contributed by atoms with van der Waals surface area (Å²) in [6, 6.07) is 0. The first-order chi connectivity index (χ1) is 9.38. The summed E-state index contributed by atoms with van der Waals surface area (Å²) in [6.45, 7) is 6.47. The van der Waals surface area contributed by atoms with Gasteiger partial charge >= 0.3 is 5.97 Å². The van der Waals surface area contributed by atoms with Crippen LogP contribution < -0.4 is 0 Å². The second kappa shape index (κ2) is 7.62. The van der Waals surface area contributed by atoms with Crippen molar-refractivity contribution >= 4 is 11.9 Å². The highest BCUT2D eigenvalue weighted by atomic mass is 16.5. The third-order valence-electron chi connectivity index (χ3n) is 2.66. The maximum Gasteiger partial charge on any atom is 0.305 e. The van der Waals surface area contributed by atoms with Crippen LogP contribution >= 0.6 is 0 Å². The second-order valence-electron chi connectivity index (χ2n) is 5.11. The van der Waals surface area contributed by atoms with Crippen LogP contribution in [0.25, 0.3) is 0 Å². The van der Waals surface area contributed by atoms with Crippen molar-refractivity contribution in [3.63, 3.8) is 0 Å². The zero-order valence-corrected chi connectivity index (χ0v) is 12.1. The van der Waals surface area contributed by atoms with Crippen LogP contribution in [-0.2, 0) is 16.0 Å². The van der Waals surface area contributed by atoms with E-state index in [0.717, 1.165) is 0 Å². The Labute approximate surface area is 118 Å². The maximum atomic E-state index is 12.1. The van der Waals surface area contributed by atoms with Gasteiger partial charge in [0.1, 0.15) is 0 Å². The Kier molecular flexibility index (Phi) is 6.14. The lowest BCUT2D eigenvalue weighted by Gasteiger charge is -2.23. The molecule has 7 nitrogen and oxygen atoms in total. The molecule has 0 saturated heterocycles. The summed E-state index contributed by atoms with van der Waals surface area (Å²) in [4.78, 5) is 28.4. The quantitative estimate of drug-likeness (QED) is 0.771. The molecule has 20 heavy (non-hydrogen) atoms. The summed E-state index contributed by atoms with van der Waals surface area (Å²) in [6.07, 6.45) is 0.577. The number of aliphatic carboxylic acids is 1. The van der Waals surface area contributed by atoms with E-state index in [1.807, 2.05) is 13.8 Å². The molecule has 0 unspecified atom stereocenters. The van der Waals surface area contributed by atoms with E-state index < -0.39 is 5.97 Å². The molecule has 0 aliphatic heterocycles.